The Balaban J connectivity index is 0.000000633. The van der Waals surface area contributed by atoms with E-state index < -0.39 is 47.5 Å². The molecular weight excluding hydrogens is 444 g/mol. The van der Waals surface area contributed by atoms with Crippen LogP contribution in [0.15, 0.2) is 9.59 Å². The molecule has 0 radical (unpaired) electrons. The molecule has 0 unspecified atom stereocenters. The highest BCUT2D eigenvalue weighted by Gasteiger charge is 2.50. The summed E-state index contributed by atoms with van der Waals surface area (Å²) >= 11 is 0. The number of carboxylic acids is 2. The zero-order chi connectivity index (χ0) is 24.9. The first-order valence-electron chi connectivity index (χ1n) is 9.37. The quantitative estimate of drug-likeness (QED) is 0.151. The van der Waals surface area contributed by atoms with Crippen LogP contribution >= 0.6 is 0 Å². The van der Waals surface area contributed by atoms with E-state index in [1.807, 2.05) is 0 Å². The number of carboxylic acid groups (broad SMARTS) is 2. The number of nitrogens with zero attached hydrogens (tertiary/aromatic N) is 1. The zero-order valence-corrected chi connectivity index (χ0v) is 16.8. The standard InChI is InChI=1S/C14H23BN4O6.C2HF3O2/c16-4-5-18-9-10(12(21)11(9)20)19-6-8(2-1-3-15(24)25)14(17,7-19)13(22)23;3-2(4,5)1(6)7/h8,18,24-25H,1-7,16-17H2,(H,22,23);(H,6,7)/t8-,14-;/m0./s1. The van der Waals surface area contributed by atoms with E-state index in [1.54, 1.807) is 0 Å². The van der Waals surface area contributed by atoms with E-state index in [4.69, 9.17) is 31.4 Å². The van der Waals surface area contributed by atoms with E-state index in [0.717, 1.165) is 0 Å². The van der Waals surface area contributed by atoms with E-state index >= 15 is 0 Å². The van der Waals surface area contributed by atoms with Crippen LogP contribution in [0.1, 0.15) is 12.8 Å². The van der Waals surface area contributed by atoms with Gasteiger partial charge in [-0.15, -0.1) is 0 Å². The van der Waals surface area contributed by atoms with Crippen molar-refractivity contribution >= 4 is 30.4 Å². The summed E-state index contributed by atoms with van der Waals surface area (Å²) in [7, 11) is -1.46. The van der Waals surface area contributed by atoms with Crippen LogP contribution in [0.2, 0.25) is 6.32 Å². The molecule has 0 bridgehead atoms. The summed E-state index contributed by atoms with van der Waals surface area (Å²) in [5, 5.41) is 37.3. The highest BCUT2D eigenvalue weighted by Crippen LogP contribution is 2.35. The number of hydrogen-bond acceptors (Lipinski definition) is 10. The molecule has 180 valence electrons. The fraction of sp³-hybridized carbons (Fsp3) is 0.625. The number of nitrogens with two attached hydrogens (primary N) is 2. The van der Waals surface area contributed by atoms with E-state index in [9.17, 15) is 32.7 Å². The summed E-state index contributed by atoms with van der Waals surface area (Å²) in [6.07, 6.45) is -4.24. The van der Waals surface area contributed by atoms with Crippen LogP contribution in [-0.2, 0) is 9.59 Å². The number of halogens is 3. The van der Waals surface area contributed by atoms with Gasteiger partial charge in [-0.2, -0.15) is 13.2 Å². The molecule has 1 aliphatic rings. The van der Waals surface area contributed by atoms with Crippen molar-refractivity contribution in [2.24, 2.45) is 17.4 Å². The van der Waals surface area contributed by atoms with Gasteiger partial charge >= 0.3 is 25.2 Å². The number of anilines is 2. The minimum Gasteiger partial charge on any atom is -0.480 e. The second-order valence-electron chi connectivity index (χ2n) is 7.23. The van der Waals surface area contributed by atoms with Gasteiger partial charge in [0.25, 0.3) is 10.9 Å². The van der Waals surface area contributed by atoms with Crippen molar-refractivity contribution in [2.75, 3.05) is 36.4 Å². The van der Waals surface area contributed by atoms with Gasteiger partial charge in [-0.1, -0.05) is 6.42 Å². The molecule has 12 nitrogen and oxygen atoms in total. The molecule has 0 aromatic heterocycles. The average Bonchev–Trinajstić information content (AvgIpc) is 3.01. The molecule has 32 heavy (non-hydrogen) atoms. The number of hydrogen-bond donors (Lipinski definition) is 7. The lowest BCUT2D eigenvalue weighted by atomic mass is 9.78. The van der Waals surface area contributed by atoms with Gasteiger partial charge in [-0.25, -0.2) is 4.79 Å². The molecule has 1 aromatic rings. The van der Waals surface area contributed by atoms with Gasteiger partial charge in [0.15, 0.2) is 0 Å². The van der Waals surface area contributed by atoms with E-state index in [1.165, 1.54) is 4.90 Å². The van der Waals surface area contributed by atoms with Crippen molar-refractivity contribution in [3.05, 3.63) is 20.4 Å². The Morgan fingerprint density at radius 3 is 2.22 bits per heavy atom. The third-order valence-corrected chi connectivity index (χ3v) is 4.92. The maximum atomic E-state index is 11.9. The Kier molecular flexibility index (Phi) is 9.19. The Bertz CT molecular complexity index is 890. The molecule has 0 amide bonds. The Morgan fingerprint density at radius 1 is 1.22 bits per heavy atom. The summed E-state index contributed by atoms with van der Waals surface area (Å²) < 4.78 is 31.7. The van der Waals surface area contributed by atoms with Gasteiger partial charge in [-0.05, 0) is 12.7 Å². The van der Waals surface area contributed by atoms with Crippen LogP contribution in [0.4, 0.5) is 24.5 Å². The highest BCUT2D eigenvalue weighted by atomic mass is 19.4. The molecule has 0 saturated carbocycles. The summed E-state index contributed by atoms with van der Waals surface area (Å²) in [5.41, 5.74) is 8.86. The van der Waals surface area contributed by atoms with Crippen molar-refractivity contribution in [1.82, 2.24) is 0 Å². The van der Waals surface area contributed by atoms with E-state index in [0.29, 0.717) is 19.4 Å². The Labute approximate surface area is 179 Å². The van der Waals surface area contributed by atoms with Gasteiger partial charge in [-0.3, -0.25) is 14.4 Å². The fourth-order valence-electron chi connectivity index (χ4n) is 3.29. The first-order chi connectivity index (χ1) is 14.7. The summed E-state index contributed by atoms with van der Waals surface area (Å²) in [4.78, 5) is 45.7. The SMILES string of the molecule is NCCNc1c(N2C[C@H](CCCB(O)O)[C@](N)(C(=O)O)C2)c(=O)c1=O.O=C(O)C(F)(F)F. The number of alkyl halides is 3. The topological polar surface area (TPSA) is 217 Å². The molecule has 0 spiro atoms. The predicted octanol–water partition coefficient (Wildman–Crippen LogP) is -2.24. The van der Waals surface area contributed by atoms with Crippen molar-refractivity contribution in [3.8, 4) is 0 Å². The molecule has 1 heterocycles. The number of carbonyl (C=O) groups is 2. The monoisotopic (exact) mass is 468 g/mol. The molecule has 9 N–H and O–H groups in total. The molecule has 1 saturated heterocycles. The Hall–Kier alpha value is -2.69. The largest absolute Gasteiger partial charge is 0.490 e. The lowest BCUT2D eigenvalue weighted by molar-refractivity contribution is -0.192. The van der Waals surface area contributed by atoms with Crippen molar-refractivity contribution in [1.29, 1.82) is 0 Å². The maximum absolute atomic E-state index is 11.9. The smallest absolute Gasteiger partial charge is 0.480 e. The Morgan fingerprint density at radius 2 is 1.78 bits per heavy atom. The van der Waals surface area contributed by atoms with Crippen molar-refractivity contribution < 1.29 is 43.0 Å². The first kappa shape index (κ1) is 27.3. The molecule has 0 aliphatic carbocycles. The van der Waals surface area contributed by atoms with Crippen LogP contribution in [0.3, 0.4) is 0 Å². The van der Waals surface area contributed by atoms with Gasteiger partial charge in [0.05, 0.1) is 0 Å². The molecule has 2 rings (SSSR count). The highest BCUT2D eigenvalue weighted by molar-refractivity contribution is 6.40. The van der Waals surface area contributed by atoms with Crippen molar-refractivity contribution in [3.63, 3.8) is 0 Å². The molecule has 2 atom stereocenters. The molecular formula is C16H24BF3N4O8. The second-order valence-corrected chi connectivity index (χ2v) is 7.23. The van der Waals surface area contributed by atoms with Gasteiger partial charge < -0.3 is 41.9 Å². The van der Waals surface area contributed by atoms with Crippen molar-refractivity contribution in [2.45, 2.75) is 30.9 Å². The normalized spacial score (nSPS) is 20.6. The molecule has 16 heteroatoms. The van der Waals surface area contributed by atoms with Gasteiger partial charge in [0.2, 0.25) is 0 Å². The molecule has 1 aliphatic heterocycles. The zero-order valence-electron chi connectivity index (χ0n) is 16.8. The van der Waals surface area contributed by atoms with Gasteiger partial charge in [0.1, 0.15) is 16.9 Å². The number of rotatable bonds is 9. The number of nitrogens with one attached hydrogen (secondary N) is 1. The van der Waals surface area contributed by atoms with Crippen LogP contribution in [0.25, 0.3) is 0 Å². The van der Waals surface area contributed by atoms with Crippen LogP contribution < -0.4 is 32.5 Å². The van der Waals surface area contributed by atoms with Crippen LogP contribution in [0.5, 0.6) is 0 Å². The second kappa shape index (κ2) is 10.8. The van der Waals surface area contributed by atoms with Crippen LogP contribution in [-0.4, -0.2) is 77.2 Å². The molecule has 1 aromatic carbocycles. The lowest BCUT2D eigenvalue weighted by Gasteiger charge is -2.26. The molecule has 1 fully saturated rings. The minimum atomic E-state index is -5.08. The summed E-state index contributed by atoms with van der Waals surface area (Å²) in [5.74, 6) is -4.44. The fourth-order valence-corrected chi connectivity index (χ4v) is 3.29. The lowest BCUT2D eigenvalue weighted by Crippen LogP contribution is -2.55. The summed E-state index contributed by atoms with van der Waals surface area (Å²) in [6, 6.07) is 0. The van der Waals surface area contributed by atoms with E-state index in [2.05, 4.69) is 5.32 Å². The minimum absolute atomic E-state index is 0.100. The first-order valence-corrected chi connectivity index (χ1v) is 9.37. The predicted molar refractivity (Wildman–Crippen MR) is 107 cm³/mol. The third kappa shape index (κ3) is 6.41. The third-order valence-electron chi connectivity index (χ3n) is 4.92. The van der Waals surface area contributed by atoms with Gasteiger partial charge in [0, 0.05) is 32.1 Å². The number of aliphatic carboxylic acids is 2. The summed E-state index contributed by atoms with van der Waals surface area (Å²) in [6.45, 7) is 0.694. The van der Waals surface area contributed by atoms with Crippen LogP contribution in [0, 0.1) is 5.92 Å². The average molecular weight is 468 g/mol. The van der Waals surface area contributed by atoms with E-state index in [-0.39, 0.29) is 37.3 Å². The maximum Gasteiger partial charge on any atom is 0.490 e.